The molecule has 2 bridgehead atoms. The molecule has 4 atom stereocenters. The monoisotopic (exact) mass is 629 g/mol. The first kappa shape index (κ1) is 27.5. The van der Waals surface area contributed by atoms with Gasteiger partial charge in [-0.15, -0.1) is 11.8 Å². The van der Waals surface area contributed by atoms with Gasteiger partial charge in [0.1, 0.15) is 16.2 Å². The van der Waals surface area contributed by atoms with Gasteiger partial charge in [-0.1, -0.05) is 35.3 Å². The molecule has 9 nitrogen and oxygen atoms in total. The van der Waals surface area contributed by atoms with E-state index in [9.17, 15) is 14.7 Å². The molecule has 4 aliphatic rings. The fourth-order valence-electron chi connectivity index (χ4n) is 7.11. The van der Waals surface area contributed by atoms with Crippen molar-refractivity contribution in [1.82, 2.24) is 24.3 Å². The number of ether oxygens (including phenoxy) is 1. The van der Waals surface area contributed by atoms with Gasteiger partial charge in [-0.25, -0.2) is 19.0 Å². The van der Waals surface area contributed by atoms with Gasteiger partial charge in [-0.05, 0) is 37.7 Å². The van der Waals surface area contributed by atoms with Crippen molar-refractivity contribution in [3.05, 3.63) is 52.0 Å². The number of likely N-dealkylation sites (tertiary alicyclic amines) is 1. The maximum atomic E-state index is 16.4. The van der Waals surface area contributed by atoms with Crippen LogP contribution in [-0.4, -0.2) is 74.1 Å². The molecule has 0 spiro atoms. The van der Waals surface area contributed by atoms with Crippen molar-refractivity contribution in [3.8, 4) is 11.3 Å². The summed E-state index contributed by atoms with van der Waals surface area (Å²) in [5.41, 5.74) is 2.14. The Bertz CT molecular complexity index is 1800. The van der Waals surface area contributed by atoms with Crippen LogP contribution in [0.15, 0.2) is 35.5 Å². The van der Waals surface area contributed by atoms with E-state index >= 15 is 4.39 Å². The van der Waals surface area contributed by atoms with Crippen molar-refractivity contribution in [1.29, 1.82) is 0 Å². The highest BCUT2D eigenvalue weighted by Gasteiger charge is 2.56. The zero-order chi connectivity index (χ0) is 29.4. The molecule has 0 radical (unpaired) electrons. The number of fused-ring (bicyclic) bond motifs is 4. The van der Waals surface area contributed by atoms with Crippen LogP contribution in [0.2, 0.25) is 10.0 Å². The average molecular weight is 631 g/mol. The number of rotatable bonds is 4. The van der Waals surface area contributed by atoms with Gasteiger partial charge in [-0.2, -0.15) is 0 Å². The topological polar surface area (TPSA) is 101 Å². The Kier molecular flexibility index (Phi) is 6.67. The second-order valence-electron chi connectivity index (χ2n) is 10.9. The number of benzene rings is 1. The van der Waals surface area contributed by atoms with Crippen LogP contribution in [0, 0.1) is 11.7 Å². The summed E-state index contributed by atoms with van der Waals surface area (Å²) >= 11 is 14.1. The van der Waals surface area contributed by atoms with E-state index in [0.29, 0.717) is 29.1 Å². The minimum atomic E-state index is -0.952. The van der Waals surface area contributed by atoms with Crippen molar-refractivity contribution < 1.29 is 23.8 Å². The van der Waals surface area contributed by atoms with Crippen LogP contribution in [0.4, 0.5) is 14.0 Å². The molecule has 1 aromatic carbocycles. The Morgan fingerprint density at radius 1 is 1.21 bits per heavy atom. The lowest BCUT2D eigenvalue weighted by Crippen LogP contribution is -2.43. The van der Waals surface area contributed by atoms with Crippen molar-refractivity contribution in [3.63, 3.8) is 0 Å². The first-order valence-corrected chi connectivity index (χ1v) is 15.6. The third-order valence-electron chi connectivity index (χ3n) is 8.96. The predicted octanol–water partition coefficient (Wildman–Crippen LogP) is 7.25. The molecule has 42 heavy (non-hydrogen) atoms. The van der Waals surface area contributed by atoms with Gasteiger partial charge in [0.25, 0.3) is 0 Å². The molecule has 3 aliphatic heterocycles. The number of pyridine rings is 2. The van der Waals surface area contributed by atoms with Crippen LogP contribution in [-0.2, 0) is 4.74 Å². The molecular weight excluding hydrogens is 604 g/mol. The van der Waals surface area contributed by atoms with Crippen molar-refractivity contribution in [2.75, 3.05) is 26.5 Å². The first-order chi connectivity index (χ1) is 20.2. The highest BCUT2D eigenvalue weighted by Crippen LogP contribution is 2.54. The van der Waals surface area contributed by atoms with E-state index in [0.717, 1.165) is 35.9 Å². The second kappa shape index (κ2) is 10.2. The van der Waals surface area contributed by atoms with Gasteiger partial charge in [-0.3, -0.25) is 9.88 Å². The summed E-state index contributed by atoms with van der Waals surface area (Å²) in [6.45, 7) is 0.976. The molecule has 1 saturated carbocycles. The van der Waals surface area contributed by atoms with Crippen LogP contribution in [0.25, 0.3) is 33.1 Å². The summed E-state index contributed by atoms with van der Waals surface area (Å²) in [6, 6.07) is 6.33. The molecule has 2 amide bonds. The molecule has 13 heteroatoms. The Morgan fingerprint density at radius 2 is 2.02 bits per heavy atom. The van der Waals surface area contributed by atoms with E-state index in [-0.39, 0.29) is 45.3 Å². The number of thioether (sulfide) groups is 1. The second-order valence-corrected chi connectivity index (χ2v) is 12.5. The average Bonchev–Trinajstić information content (AvgIpc) is 3.77. The number of hydrogen-bond donors (Lipinski definition) is 1. The molecule has 4 fully saturated rings. The number of nitrogens with zero attached hydrogens (tertiary/aromatic N) is 5. The number of amides is 2. The third kappa shape index (κ3) is 3.89. The molecule has 218 valence electrons. The summed E-state index contributed by atoms with van der Waals surface area (Å²) < 4.78 is 23.6. The standard InChI is InChI=1S/C29H26Cl2FN5O4S/c1-41-29(40)35-8-4-7-18(35)19-10-15-26(37(19)25-13-9-20(25)36(12-13)28(38)39)16-11-33-23(14-5-3-6-17(30)21(14)31)22(32)24(16)34-27(15)42-2/h3,5-6,10-11,13,18,20,25H,4,7-9,12H2,1-2H3,(H,38,39)/t13-,18?,20-,25+/m1/s1. The van der Waals surface area contributed by atoms with Crippen LogP contribution in [0.5, 0.6) is 0 Å². The van der Waals surface area contributed by atoms with Crippen LogP contribution >= 0.6 is 35.0 Å². The molecule has 4 aromatic rings. The quantitative estimate of drug-likeness (QED) is 0.237. The van der Waals surface area contributed by atoms with Gasteiger partial charge in [0.05, 0.1) is 40.8 Å². The molecular formula is C29H26Cl2FN5O4S. The number of carboxylic acid groups (broad SMARTS) is 1. The Labute approximate surface area is 254 Å². The van der Waals surface area contributed by atoms with Crippen molar-refractivity contribution >= 4 is 69.0 Å². The van der Waals surface area contributed by atoms with Crippen LogP contribution in [0.3, 0.4) is 0 Å². The Hall–Kier alpha value is -3.28. The fraction of sp³-hybridized carbons (Fsp3) is 0.379. The van der Waals surface area contributed by atoms with Crippen LogP contribution < -0.4 is 0 Å². The van der Waals surface area contributed by atoms with Crippen LogP contribution in [0.1, 0.15) is 37.0 Å². The highest BCUT2D eigenvalue weighted by molar-refractivity contribution is 7.98. The number of methoxy groups -OCH3 is 1. The lowest BCUT2D eigenvalue weighted by atomic mass is 9.79. The van der Waals surface area contributed by atoms with Gasteiger partial charge in [0.2, 0.25) is 0 Å². The Morgan fingerprint density at radius 3 is 2.74 bits per heavy atom. The summed E-state index contributed by atoms with van der Waals surface area (Å²) in [6.07, 6.45) is 4.40. The fourth-order valence-corrected chi connectivity index (χ4v) is 8.06. The SMILES string of the molecule is COC(=O)N1CCCC1c1cc2c(SC)nc3c(F)c(-c4cccc(Cl)c4Cl)ncc3c2n1[C@H]1[C@@H]2C[C@H]1N(C(=O)O)C2. The maximum Gasteiger partial charge on any atom is 0.410 e. The molecule has 3 saturated heterocycles. The van der Waals surface area contributed by atoms with Gasteiger partial charge in [0.15, 0.2) is 5.82 Å². The lowest BCUT2D eigenvalue weighted by molar-refractivity contribution is 0.112. The molecule has 1 unspecified atom stereocenters. The smallest absolute Gasteiger partial charge is 0.410 e. The largest absolute Gasteiger partial charge is 0.465 e. The normalized spacial score (nSPS) is 23.2. The maximum absolute atomic E-state index is 16.4. The molecule has 6 heterocycles. The van der Waals surface area contributed by atoms with E-state index in [2.05, 4.69) is 9.55 Å². The molecule has 1 aliphatic carbocycles. The highest BCUT2D eigenvalue weighted by atomic mass is 35.5. The summed E-state index contributed by atoms with van der Waals surface area (Å²) in [4.78, 5) is 37.3. The number of hydrogen-bond acceptors (Lipinski definition) is 6. The molecule has 1 N–H and O–H groups in total. The Balaban J connectivity index is 1.51. The molecule has 8 rings (SSSR count). The van der Waals surface area contributed by atoms with E-state index in [1.54, 1.807) is 29.3 Å². The van der Waals surface area contributed by atoms with Crippen molar-refractivity contribution in [2.45, 2.75) is 42.4 Å². The van der Waals surface area contributed by atoms with Gasteiger partial charge in [0, 0.05) is 47.2 Å². The number of carbonyl (C=O) groups excluding carboxylic acids is 1. The van der Waals surface area contributed by atoms with Gasteiger partial charge >= 0.3 is 12.2 Å². The molecule has 3 aromatic heterocycles. The minimum Gasteiger partial charge on any atom is -0.465 e. The predicted molar refractivity (Wildman–Crippen MR) is 159 cm³/mol. The number of aromatic nitrogens is 3. The first-order valence-electron chi connectivity index (χ1n) is 13.6. The van der Waals surface area contributed by atoms with Gasteiger partial charge < -0.3 is 19.3 Å². The van der Waals surface area contributed by atoms with E-state index in [1.807, 2.05) is 12.3 Å². The number of carbonyl (C=O) groups is 2. The summed E-state index contributed by atoms with van der Waals surface area (Å²) in [5.74, 6) is -0.527. The third-order valence-corrected chi connectivity index (χ3v) is 10.5. The lowest BCUT2D eigenvalue weighted by Gasteiger charge is -2.40. The zero-order valence-corrected chi connectivity index (χ0v) is 25.0. The zero-order valence-electron chi connectivity index (χ0n) is 22.7. The number of halogens is 3. The van der Waals surface area contributed by atoms with E-state index in [1.165, 1.54) is 23.8 Å². The van der Waals surface area contributed by atoms with Crippen molar-refractivity contribution in [2.24, 2.45) is 5.92 Å². The minimum absolute atomic E-state index is 0.0423. The summed E-state index contributed by atoms with van der Waals surface area (Å²) in [7, 11) is 1.37. The van der Waals surface area contributed by atoms with E-state index in [4.69, 9.17) is 32.9 Å². The summed E-state index contributed by atoms with van der Waals surface area (Å²) in [5, 5.41) is 12.3. The van der Waals surface area contributed by atoms with E-state index < -0.39 is 18.0 Å².